The van der Waals surface area contributed by atoms with E-state index in [0.717, 1.165) is 0 Å². The van der Waals surface area contributed by atoms with Crippen LogP contribution in [-0.2, 0) is 4.57 Å². The molecule has 6 N–H and O–H groups in total. The van der Waals surface area contributed by atoms with Crippen molar-refractivity contribution in [2.45, 2.75) is 0 Å². The van der Waals surface area contributed by atoms with Crippen molar-refractivity contribution in [1.29, 1.82) is 0 Å². The van der Waals surface area contributed by atoms with Crippen LogP contribution in [0, 0.1) is 0 Å². The second-order valence-corrected chi connectivity index (χ2v) is 1.54. The second kappa shape index (κ2) is 13.6. The largest absolute Gasteiger partial charge is 1.00 e. The van der Waals surface area contributed by atoms with Gasteiger partial charge in [-0.3, -0.25) is 0 Å². The first-order valence-corrected chi connectivity index (χ1v) is 2.35. The quantitative estimate of drug-likeness (QED) is 0.222. The molecule has 0 amide bonds. The third kappa shape index (κ3) is 96.6. The number of hydrogen-bond donors (Lipinski definition) is 4. The van der Waals surface area contributed by atoms with Gasteiger partial charge in [-0.25, -0.2) is 4.57 Å². The Hall–Kier alpha value is 3.07. The summed E-state index contributed by atoms with van der Waals surface area (Å²) in [7, 11) is -4.64. The minimum Gasteiger partial charge on any atom is -1.00 e. The molecule has 0 rings (SSSR count). The second-order valence-electron chi connectivity index (χ2n) is 0.513. The molecule has 0 aliphatic carbocycles. The molecule has 9 heavy (non-hydrogen) atoms. The minimum atomic E-state index is -4.64. The maximum Gasteiger partial charge on any atom is 1.00 e. The summed E-state index contributed by atoms with van der Waals surface area (Å²) in [6.45, 7) is 0. The summed E-state index contributed by atoms with van der Waals surface area (Å²) in [5, 5.41) is 0. The van der Waals surface area contributed by atoms with Gasteiger partial charge in [0.25, 0.3) is 0 Å². The fraction of sp³-hybridized carbons (Fsp3) is 0. The van der Waals surface area contributed by atoms with E-state index in [9.17, 15) is 0 Å². The van der Waals surface area contributed by atoms with Gasteiger partial charge in [0.1, 0.15) is 0 Å². The fourth-order valence-electron chi connectivity index (χ4n) is 0. The molecule has 0 heterocycles. The first kappa shape index (κ1) is 29.6. The average Bonchev–Trinajstić information content (AvgIpc) is 0.722. The zero-order valence-corrected chi connectivity index (χ0v) is 12.8. The Balaban J connectivity index is -0.00000000381. The van der Waals surface area contributed by atoms with Crippen molar-refractivity contribution in [3.8, 4) is 0 Å². The molecule has 0 atom stereocenters. The molecule has 0 aliphatic heterocycles. The molecule has 0 spiro atoms. The molecule has 5 nitrogen and oxygen atoms in total. The Kier molecular flexibility index (Phi) is 44.9. The van der Waals surface area contributed by atoms with Crippen LogP contribution in [0.15, 0.2) is 0 Å². The van der Waals surface area contributed by atoms with Gasteiger partial charge in [-0.15, -0.1) is 0 Å². The summed E-state index contributed by atoms with van der Waals surface area (Å²) in [4.78, 5) is 21.6. The van der Waals surface area contributed by atoms with E-state index in [0.29, 0.717) is 0 Å². The normalized spacial score (nSPS) is 6.56. The first-order valence-electron chi connectivity index (χ1n) is 0.783. The molecule has 0 bridgehead atoms. The summed E-state index contributed by atoms with van der Waals surface area (Å²) >= 11 is 0. The smallest absolute Gasteiger partial charge is 1.00 e. The Morgan fingerprint density at radius 2 is 1.00 bits per heavy atom. The van der Waals surface area contributed by atoms with Crippen molar-refractivity contribution in [1.82, 2.24) is 6.15 Å². The minimum absolute atomic E-state index is 0. The molecule has 0 radical (unpaired) electrons. The zero-order chi connectivity index (χ0) is 4.50. The standard InChI is InChI=1S/H3N.3Na.H3O4P.3H/c;;;;1-5(2,3)4;;;/h1H3;;;;(H3,1,2,3,4);;;/q;3*+1;;3*-1. The molecule has 0 aromatic heterocycles. The van der Waals surface area contributed by atoms with E-state index in [1.54, 1.807) is 0 Å². The predicted molar refractivity (Wildman–Crippen MR) is 22.6 cm³/mol. The van der Waals surface area contributed by atoms with Crippen molar-refractivity contribution in [3.63, 3.8) is 0 Å². The molecule has 46 valence electrons. The molecule has 0 aromatic carbocycles. The molecule has 0 aliphatic rings. The third-order valence-electron chi connectivity index (χ3n) is 0. The van der Waals surface area contributed by atoms with Gasteiger partial charge in [-0.2, -0.15) is 0 Å². The maximum absolute atomic E-state index is 8.88. The molecule has 0 fully saturated rings. The summed E-state index contributed by atoms with van der Waals surface area (Å²) < 4.78 is 8.88. The van der Waals surface area contributed by atoms with E-state index in [2.05, 4.69) is 0 Å². The SMILES string of the molecule is N.O=P(O)(O)O.[H-].[H-].[H-].[Na+].[Na+].[Na+]. The number of hydrogen-bond acceptors (Lipinski definition) is 2. The van der Waals surface area contributed by atoms with Gasteiger partial charge in [-0.05, 0) is 0 Å². The summed E-state index contributed by atoms with van der Waals surface area (Å²) in [6.07, 6.45) is 0. The number of phosphoric acid groups is 1. The maximum atomic E-state index is 8.88. The van der Waals surface area contributed by atoms with E-state index < -0.39 is 7.82 Å². The van der Waals surface area contributed by atoms with Crippen LogP contribution in [-0.4, -0.2) is 14.7 Å². The van der Waals surface area contributed by atoms with Gasteiger partial charge in [0.2, 0.25) is 0 Å². The Morgan fingerprint density at radius 3 is 1.00 bits per heavy atom. The summed E-state index contributed by atoms with van der Waals surface area (Å²) in [5.41, 5.74) is 0. The van der Waals surface area contributed by atoms with Crippen LogP contribution in [0.5, 0.6) is 0 Å². The predicted octanol–water partition coefficient (Wildman–Crippen LogP) is -9.42. The Morgan fingerprint density at radius 1 is 1.00 bits per heavy atom. The monoisotopic (exact) mass is 187 g/mol. The van der Waals surface area contributed by atoms with Crippen LogP contribution in [0.4, 0.5) is 0 Å². The molecule has 0 unspecified atom stereocenters. The summed E-state index contributed by atoms with van der Waals surface area (Å²) in [5.74, 6) is 0. The van der Waals surface area contributed by atoms with Crippen molar-refractivity contribution < 1.29 is 112 Å². The van der Waals surface area contributed by atoms with Crippen LogP contribution in [0.25, 0.3) is 0 Å². The molecular weight excluding hydrogens is 178 g/mol. The van der Waals surface area contributed by atoms with Gasteiger partial charge >= 0.3 is 96.5 Å². The summed E-state index contributed by atoms with van der Waals surface area (Å²) in [6, 6.07) is 0. The Labute approximate surface area is 124 Å². The van der Waals surface area contributed by atoms with E-state index in [1.165, 1.54) is 0 Å². The van der Waals surface area contributed by atoms with Crippen LogP contribution in [0.3, 0.4) is 0 Å². The first-order chi connectivity index (χ1) is 2.00. The van der Waals surface area contributed by atoms with Crippen molar-refractivity contribution in [2.24, 2.45) is 0 Å². The Bertz CT molecular complexity index is 71.7. The van der Waals surface area contributed by atoms with Crippen LogP contribution in [0.2, 0.25) is 0 Å². The average molecular weight is 187 g/mol. The van der Waals surface area contributed by atoms with Gasteiger partial charge in [0, 0.05) is 0 Å². The van der Waals surface area contributed by atoms with Gasteiger partial charge in [0.15, 0.2) is 0 Å². The van der Waals surface area contributed by atoms with Crippen LogP contribution >= 0.6 is 7.82 Å². The molecule has 9 heteroatoms. The van der Waals surface area contributed by atoms with Crippen molar-refractivity contribution in [3.05, 3.63) is 0 Å². The van der Waals surface area contributed by atoms with Crippen LogP contribution in [0.1, 0.15) is 4.28 Å². The van der Waals surface area contributed by atoms with Gasteiger partial charge in [-0.1, -0.05) is 0 Å². The molecular formula is H9NNa3O4P. The van der Waals surface area contributed by atoms with Crippen molar-refractivity contribution in [2.75, 3.05) is 0 Å². The fourth-order valence-corrected chi connectivity index (χ4v) is 0. The van der Waals surface area contributed by atoms with E-state index >= 15 is 0 Å². The van der Waals surface area contributed by atoms with E-state index in [-0.39, 0.29) is 99.1 Å². The topological polar surface area (TPSA) is 113 Å². The van der Waals surface area contributed by atoms with Gasteiger partial charge in [0.05, 0.1) is 0 Å². The molecule has 0 aromatic rings. The van der Waals surface area contributed by atoms with Crippen LogP contribution < -0.4 is 94.8 Å². The zero-order valence-electron chi connectivity index (χ0n) is 8.90. The van der Waals surface area contributed by atoms with E-state index in [1.807, 2.05) is 0 Å². The van der Waals surface area contributed by atoms with Crippen molar-refractivity contribution >= 4 is 7.82 Å². The van der Waals surface area contributed by atoms with E-state index in [4.69, 9.17) is 19.2 Å². The third-order valence-corrected chi connectivity index (χ3v) is 0. The molecule has 0 saturated heterocycles. The van der Waals surface area contributed by atoms with Gasteiger partial charge < -0.3 is 25.1 Å². The molecule has 0 saturated carbocycles. The number of rotatable bonds is 0.